The first-order chi connectivity index (χ1) is 7.79. The Bertz CT molecular complexity index is 441. The topological polar surface area (TPSA) is 52.6 Å². The number of hydrogen-bond acceptors (Lipinski definition) is 3. The first-order valence-corrected chi connectivity index (χ1v) is 5.59. The quantitative estimate of drug-likeness (QED) is 0.751. The molecule has 2 N–H and O–H groups in total. The molecule has 1 aromatic rings. The Kier molecular flexibility index (Phi) is 2.19. The Hall–Kier alpha value is -1.39. The third-order valence-corrected chi connectivity index (χ3v) is 3.28. The standard InChI is InChI=1S/C12H14N2O2/c15-12-11-5-8(6-13-16)1-2-9(11)7-14(12)10-3-4-10/h1-2,5,10,13,16H,3-4,6-7H2. The number of hydrogen-bond donors (Lipinski definition) is 2. The summed E-state index contributed by atoms with van der Waals surface area (Å²) in [5.41, 5.74) is 4.96. The monoisotopic (exact) mass is 218 g/mol. The maximum Gasteiger partial charge on any atom is 0.254 e. The minimum atomic E-state index is 0.150. The van der Waals surface area contributed by atoms with Gasteiger partial charge in [-0.15, -0.1) is 0 Å². The van der Waals surface area contributed by atoms with Crippen molar-refractivity contribution in [2.45, 2.75) is 32.0 Å². The summed E-state index contributed by atoms with van der Waals surface area (Å²) in [5, 5.41) is 8.64. The van der Waals surface area contributed by atoms with Crippen LogP contribution in [-0.2, 0) is 13.1 Å². The van der Waals surface area contributed by atoms with Crippen molar-refractivity contribution in [2.75, 3.05) is 0 Å². The van der Waals surface area contributed by atoms with Gasteiger partial charge < -0.3 is 10.1 Å². The van der Waals surface area contributed by atoms with Crippen molar-refractivity contribution in [3.8, 4) is 0 Å². The normalized spacial score (nSPS) is 19.1. The molecule has 0 bridgehead atoms. The molecule has 1 aliphatic carbocycles. The predicted octanol–water partition coefficient (Wildman–Crippen LogP) is 1.28. The van der Waals surface area contributed by atoms with Gasteiger partial charge in [0.05, 0.1) is 0 Å². The smallest absolute Gasteiger partial charge is 0.254 e. The Labute approximate surface area is 93.8 Å². The second-order valence-corrected chi connectivity index (χ2v) is 4.49. The lowest BCUT2D eigenvalue weighted by Crippen LogP contribution is -2.25. The molecule has 0 atom stereocenters. The second kappa shape index (κ2) is 3.57. The Balaban J connectivity index is 1.90. The number of amides is 1. The fourth-order valence-electron chi connectivity index (χ4n) is 2.25. The summed E-state index contributed by atoms with van der Waals surface area (Å²) in [6.07, 6.45) is 2.29. The Morgan fingerprint density at radius 2 is 2.25 bits per heavy atom. The van der Waals surface area contributed by atoms with Gasteiger partial charge in [0.1, 0.15) is 0 Å². The molecule has 84 valence electrons. The summed E-state index contributed by atoms with van der Waals surface area (Å²) in [6.45, 7) is 1.13. The fourth-order valence-corrected chi connectivity index (χ4v) is 2.25. The van der Waals surface area contributed by atoms with Crippen LogP contribution >= 0.6 is 0 Å². The van der Waals surface area contributed by atoms with Crippen LogP contribution in [0.25, 0.3) is 0 Å². The molecule has 0 radical (unpaired) electrons. The largest absolute Gasteiger partial charge is 0.331 e. The third kappa shape index (κ3) is 1.50. The van der Waals surface area contributed by atoms with Crippen LogP contribution < -0.4 is 5.48 Å². The molecule has 4 heteroatoms. The number of rotatable bonds is 3. The Morgan fingerprint density at radius 3 is 2.94 bits per heavy atom. The number of nitrogens with zero attached hydrogens (tertiary/aromatic N) is 1. The van der Waals surface area contributed by atoms with Crippen molar-refractivity contribution in [3.63, 3.8) is 0 Å². The van der Waals surface area contributed by atoms with E-state index in [1.165, 1.54) is 0 Å². The van der Waals surface area contributed by atoms with Gasteiger partial charge in [0.2, 0.25) is 0 Å². The number of carbonyl (C=O) groups excluding carboxylic acids is 1. The second-order valence-electron chi connectivity index (χ2n) is 4.49. The molecule has 0 spiro atoms. The molecule has 1 aliphatic heterocycles. The maximum absolute atomic E-state index is 12.1. The minimum Gasteiger partial charge on any atom is -0.331 e. The highest BCUT2D eigenvalue weighted by atomic mass is 16.5. The highest BCUT2D eigenvalue weighted by Crippen LogP contribution is 2.34. The van der Waals surface area contributed by atoms with Crippen LogP contribution in [0.15, 0.2) is 18.2 Å². The van der Waals surface area contributed by atoms with Gasteiger partial charge in [0.15, 0.2) is 0 Å². The van der Waals surface area contributed by atoms with Gasteiger partial charge in [0.25, 0.3) is 5.91 Å². The van der Waals surface area contributed by atoms with Gasteiger partial charge in [-0.1, -0.05) is 12.1 Å². The summed E-state index contributed by atoms with van der Waals surface area (Å²) in [4.78, 5) is 14.0. The molecule has 16 heavy (non-hydrogen) atoms. The molecule has 1 heterocycles. The van der Waals surface area contributed by atoms with Crippen LogP contribution in [0.1, 0.15) is 34.3 Å². The van der Waals surface area contributed by atoms with Crippen molar-refractivity contribution in [3.05, 3.63) is 34.9 Å². The van der Waals surface area contributed by atoms with E-state index in [1.807, 2.05) is 23.1 Å². The number of nitrogens with one attached hydrogen (secondary N) is 1. The van der Waals surface area contributed by atoms with E-state index in [0.29, 0.717) is 12.6 Å². The van der Waals surface area contributed by atoms with Crippen molar-refractivity contribution >= 4 is 5.91 Å². The molecule has 1 saturated carbocycles. The van der Waals surface area contributed by atoms with Crippen molar-refractivity contribution in [1.29, 1.82) is 0 Å². The molecule has 0 saturated heterocycles. The molecule has 3 rings (SSSR count). The van der Waals surface area contributed by atoms with Crippen molar-refractivity contribution in [1.82, 2.24) is 10.4 Å². The number of fused-ring (bicyclic) bond motifs is 1. The van der Waals surface area contributed by atoms with Crippen molar-refractivity contribution < 1.29 is 10.0 Å². The highest BCUT2D eigenvalue weighted by molar-refractivity contribution is 5.98. The van der Waals surface area contributed by atoms with E-state index in [9.17, 15) is 4.79 Å². The maximum atomic E-state index is 12.1. The zero-order valence-electron chi connectivity index (χ0n) is 8.94. The molecule has 0 unspecified atom stereocenters. The molecular formula is C12H14N2O2. The SMILES string of the molecule is O=C1c2cc(CNO)ccc2CN1C1CC1. The average Bonchev–Trinajstić information content (AvgIpc) is 3.07. The molecule has 4 nitrogen and oxygen atoms in total. The zero-order valence-corrected chi connectivity index (χ0v) is 8.94. The molecule has 0 aromatic heterocycles. The van der Waals surface area contributed by atoms with Crippen LogP contribution in [0.4, 0.5) is 0 Å². The summed E-state index contributed by atoms with van der Waals surface area (Å²) < 4.78 is 0. The van der Waals surface area contributed by atoms with E-state index >= 15 is 0 Å². The van der Waals surface area contributed by atoms with E-state index in [4.69, 9.17) is 5.21 Å². The van der Waals surface area contributed by atoms with Crippen LogP contribution in [-0.4, -0.2) is 22.1 Å². The van der Waals surface area contributed by atoms with Crippen LogP contribution in [0.5, 0.6) is 0 Å². The third-order valence-electron chi connectivity index (χ3n) is 3.28. The summed E-state index contributed by atoms with van der Waals surface area (Å²) in [6, 6.07) is 6.29. The summed E-state index contributed by atoms with van der Waals surface area (Å²) in [7, 11) is 0. The van der Waals surface area contributed by atoms with E-state index in [-0.39, 0.29) is 5.91 Å². The van der Waals surface area contributed by atoms with E-state index in [2.05, 4.69) is 5.48 Å². The van der Waals surface area contributed by atoms with Crippen LogP contribution in [0, 0.1) is 0 Å². The highest BCUT2D eigenvalue weighted by Gasteiger charge is 2.38. The Morgan fingerprint density at radius 1 is 1.44 bits per heavy atom. The fraction of sp³-hybridized carbons (Fsp3) is 0.417. The molecule has 1 amide bonds. The lowest BCUT2D eigenvalue weighted by molar-refractivity contribution is 0.0766. The lowest BCUT2D eigenvalue weighted by Gasteiger charge is -2.13. The van der Waals surface area contributed by atoms with Gasteiger partial charge in [-0.05, 0) is 30.0 Å². The van der Waals surface area contributed by atoms with E-state index in [0.717, 1.165) is 36.1 Å². The van der Waals surface area contributed by atoms with Gasteiger partial charge in [-0.3, -0.25) is 4.79 Å². The molecular weight excluding hydrogens is 204 g/mol. The number of carbonyl (C=O) groups is 1. The molecule has 2 aliphatic rings. The minimum absolute atomic E-state index is 0.150. The van der Waals surface area contributed by atoms with Gasteiger partial charge in [-0.2, -0.15) is 0 Å². The van der Waals surface area contributed by atoms with Gasteiger partial charge in [-0.25, -0.2) is 5.48 Å². The van der Waals surface area contributed by atoms with Gasteiger partial charge in [0, 0.05) is 24.7 Å². The average molecular weight is 218 g/mol. The van der Waals surface area contributed by atoms with Gasteiger partial charge >= 0.3 is 0 Å². The summed E-state index contributed by atoms with van der Waals surface area (Å²) >= 11 is 0. The lowest BCUT2D eigenvalue weighted by atomic mass is 10.1. The predicted molar refractivity (Wildman–Crippen MR) is 58.0 cm³/mol. The van der Waals surface area contributed by atoms with Crippen molar-refractivity contribution in [2.24, 2.45) is 0 Å². The molecule has 1 aromatic carbocycles. The zero-order chi connectivity index (χ0) is 11.1. The van der Waals surface area contributed by atoms with E-state index < -0.39 is 0 Å². The first kappa shape index (κ1) is 9.81. The molecule has 1 fully saturated rings. The number of hydroxylamine groups is 1. The van der Waals surface area contributed by atoms with Crippen LogP contribution in [0.2, 0.25) is 0 Å². The summed E-state index contributed by atoms with van der Waals surface area (Å²) in [5.74, 6) is 0.150. The first-order valence-electron chi connectivity index (χ1n) is 5.59. The van der Waals surface area contributed by atoms with E-state index in [1.54, 1.807) is 0 Å². The van der Waals surface area contributed by atoms with Crippen LogP contribution in [0.3, 0.4) is 0 Å². The number of benzene rings is 1.